The lowest BCUT2D eigenvalue weighted by Crippen LogP contribution is -2.12. The number of aromatic amines is 1. The second kappa shape index (κ2) is 3.83. The Bertz CT molecular complexity index is 363. The molecule has 0 aromatic carbocycles. The van der Waals surface area contributed by atoms with Gasteiger partial charge in [0.2, 0.25) is 5.56 Å². The predicted octanol–water partition coefficient (Wildman–Crippen LogP) is 2.19. The fourth-order valence-electron chi connectivity index (χ4n) is 0.869. The Morgan fingerprint density at radius 2 is 2.15 bits per heavy atom. The van der Waals surface area contributed by atoms with Gasteiger partial charge in [-0.25, -0.2) is 13.2 Å². The van der Waals surface area contributed by atoms with E-state index in [0.717, 1.165) is 0 Å². The first kappa shape index (κ1) is 10.1. The van der Waals surface area contributed by atoms with Gasteiger partial charge in [0.15, 0.2) is 5.82 Å². The molecule has 0 radical (unpaired) electrons. The quantitative estimate of drug-likeness (QED) is 0.748. The van der Waals surface area contributed by atoms with E-state index in [9.17, 15) is 18.0 Å². The molecule has 6 heteroatoms. The number of nitrogens with one attached hydrogen (secondary N) is 1. The van der Waals surface area contributed by atoms with Crippen LogP contribution in [0.15, 0.2) is 10.9 Å². The van der Waals surface area contributed by atoms with Crippen LogP contribution in [-0.4, -0.2) is 4.98 Å². The summed E-state index contributed by atoms with van der Waals surface area (Å²) in [6.45, 7) is 0. The standard InChI is InChI=1S/C7H5ClF3NO/c8-2-4-6(9)3(7(10)11)1-5(13)12-4/h1,7H,2H2,(H,12,13). The number of pyridine rings is 1. The molecule has 0 aliphatic rings. The maximum Gasteiger partial charge on any atom is 0.266 e. The summed E-state index contributed by atoms with van der Waals surface area (Å²) in [6.07, 6.45) is -3.01. The molecule has 0 aliphatic heterocycles. The molecule has 1 aromatic rings. The van der Waals surface area contributed by atoms with Crippen molar-refractivity contribution < 1.29 is 13.2 Å². The SMILES string of the molecule is O=c1cc(C(F)F)c(F)c(CCl)[nH]1. The number of halogens is 4. The van der Waals surface area contributed by atoms with E-state index in [1.807, 2.05) is 4.98 Å². The third-order valence-corrected chi connectivity index (χ3v) is 1.72. The molecule has 0 unspecified atom stereocenters. The summed E-state index contributed by atoms with van der Waals surface area (Å²) in [6, 6.07) is 0.524. The lowest BCUT2D eigenvalue weighted by Gasteiger charge is -2.03. The number of aromatic nitrogens is 1. The molecule has 1 heterocycles. The number of hydrogen-bond acceptors (Lipinski definition) is 1. The smallest absolute Gasteiger partial charge is 0.266 e. The Morgan fingerprint density at radius 1 is 1.54 bits per heavy atom. The van der Waals surface area contributed by atoms with Gasteiger partial charge in [-0.3, -0.25) is 4.79 Å². The van der Waals surface area contributed by atoms with Crippen molar-refractivity contribution in [1.82, 2.24) is 4.98 Å². The first-order chi connectivity index (χ1) is 6.06. The van der Waals surface area contributed by atoms with Crippen LogP contribution < -0.4 is 5.56 Å². The van der Waals surface area contributed by atoms with Crippen LogP contribution in [0.5, 0.6) is 0 Å². The van der Waals surface area contributed by atoms with Crippen molar-refractivity contribution in [2.45, 2.75) is 12.3 Å². The van der Waals surface area contributed by atoms with Gasteiger partial charge in [-0.15, -0.1) is 11.6 Å². The maximum absolute atomic E-state index is 13.0. The van der Waals surface area contributed by atoms with E-state index in [0.29, 0.717) is 6.07 Å². The zero-order valence-electron chi connectivity index (χ0n) is 6.28. The predicted molar refractivity (Wildman–Crippen MR) is 41.5 cm³/mol. The van der Waals surface area contributed by atoms with Gasteiger partial charge >= 0.3 is 0 Å². The van der Waals surface area contributed by atoms with Crippen LogP contribution in [0.2, 0.25) is 0 Å². The van der Waals surface area contributed by atoms with E-state index < -0.39 is 23.4 Å². The molecule has 2 nitrogen and oxygen atoms in total. The highest BCUT2D eigenvalue weighted by Gasteiger charge is 2.17. The Morgan fingerprint density at radius 3 is 2.62 bits per heavy atom. The second-order valence-electron chi connectivity index (χ2n) is 2.32. The van der Waals surface area contributed by atoms with Crippen LogP contribution in [0.25, 0.3) is 0 Å². The van der Waals surface area contributed by atoms with Gasteiger partial charge in [-0.05, 0) is 0 Å². The molecule has 0 saturated heterocycles. The van der Waals surface area contributed by atoms with Crippen molar-refractivity contribution in [2.24, 2.45) is 0 Å². The summed E-state index contributed by atoms with van der Waals surface area (Å²) in [4.78, 5) is 12.7. The minimum Gasteiger partial charge on any atom is -0.322 e. The first-order valence-corrected chi connectivity index (χ1v) is 3.85. The van der Waals surface area contributed by atoms with Gasteiger partial charge in [0.05, 0.1) is 17.1 Å². The highest BCUT2D eigenvalue weighted by molar-refractivity contribution is 6.16. The molecular weight excluding hydrogens is 207 g/mol. The van der Waals surface area contributed by atoms with Crippen molar-refractivity contribution in [3.05, 3.63) is 33.5 Å². The van der Waals surface area contributed by atoms with E-state index in [1.165, 1.54) is 0 Å². The second-order valence-corrected chi connectivity index (χ2v) is 2.58. The Kier molecular flexibility index (Phi) is 2.98. The lowest BCUT2D eigenvalue weighted by molar-refractivity contribution is 0.145. The average molecular weight is 212 g/mol. The summed E-state index contributed by atoms with van der Waals surface area (Å²) in [5.74, 6) is -1.49. The van der Waals surface area contributed by atoms with E-state index in [-0.39, 0.29) is 11.6 Å². The monoisotopic (exact) mass is 211 g/mol. The first-order valence-electron chi connectivity index (χ1n) is 3.32. The van der Waals surface area contributed by atoms with Crippen molar-refractivity contribution in [3.8, 4) is 0 Å². The number of H-pyrrole nitrogens is 1. The summed E-state index contributed by atoms with van der Waals surface area (Å²) in [7, 11) is 0. The van der Waals surface area contributed by atoms with E-state index in [4.69, 9.17) is 11.6 Å². The average Bonchev–Trinajstić information content (AvgIpc) is 2.08. The Labute approximate surface area is 76.3 Å². The van der Waals surface area contributed by atoms with Crippen LogP contribution in [0.3, 0.4) is 0 Å². The highest BCUT2D eigenvalue weighted by atomic mass is 35.5. The van der Waals surface area contributed by atoms with Crippen molar-refractivity contribution in [2.75, 3.05) is 0 Å². The molecule has 1 N–H and O–H groups in total. The van der Waals surface area contributed by atoms with Crippen molar-refractivity contribution in [1.29, 1.82) is 0 Å². The van der Waals surface area contributed by atoms with Crippen molar-refractivity contribution in [3.63, 3.8) is 0 Å². The molecule has 1 aromatic heterocycles. The fraction of sp³-hybridized carbons (Fsp3) is 0.286. The van der Waals surface area contributed by atoms with E-state index in [1.54, 1.807) is 0 Å². The molecule has 1 rings (SSSR count). The van der Waals surface area contributed by atoms with Crippen LogP contribution in [0.4, 0.5) is 13.2 Å². The number of alkyl halides is 3. The third kappa shape index (κ3) is 2.03. The van der Waals surface area contributed by atoms with Crippen LogP contribution >= 0.6 is 11.6 Å². The molecule has 0 atom stereocenters. The zero-order valence-corrected chi connectivity index (χ0v) is 7.04. The fourth-order valence-corrected chi connectivity index (χ4v) is 1.05. The molecule has 0 aliphatic carbocycles. The normalized spacial score (nSPS) is 10.8. The molecule has 0 amide bonds. The number of rotatable bonds is 2. The Hall–Kier alpha value is -0.970. The largest absolute Gasteiger partial charge is 0.322 e. The number of hydrogen-bond donors (Lipinski definition) is 1. The minimum atomic E-state index is -3.01. The summed E-state index contributed by atoms with van der Waals surface area (Å²) >= 11 is 5.23. The molecule has 0 saturated carbocycles. The molecule has 13 heavy (non-hydrogen) atoms. The van der Waals surface area contributed by atoms with Crippen LogP contribution in [0, 0.1) is 5.82 Å². The van der Waals surface area contributed by atoms with Crippen LogP contribution in [0.1, 0.15) is 17.7 Å². The summed E-state index contributed by atoms with van der Waals surface area (Å²) in [5.41, 5.74) is -2.02. The highest BCUT2D eigenvalue weighted by Crippen LogP contribution is 2.21. The van der Waals surface area contributed by atoms with Gasteiger partial charge in [-0.1, -0.05) is 0 Å². The van der Waals surface area contributed by atoms with Gasteiger partial charge in [0.25, 0.3) is 6.43 Å². The zero-order chi connectivity index (χ0) is 10.0. The van der Waals surface area contributed by atoms with Gasteiger partial charge in [-0.2, -0.15) is 0 Å². The third-order valence-electron chi connectivity index (χ3n) is 1.45. The molecular formula is C7H5ClF3NO. The van der Waals surface area contributed by atoms with E-state index in [2.05, 4.69) is 0 Å². The van der Waals surface area contributed by atoms with Gasteiger partial charge in [0.1, 0.15) is 0 Å². The summed E-state index contributed by atoms with van der Waals surface area (Å²) < 4.78 is 37.1. The topological polar surface area (TPSA) is 32.9 Å². The molecule has 0 fully saturated rings. The lowest BCUT2D eigenvalue weighted by atomic mass is 10.2. The molecule has 0 spiro atoms. The van der Waals surface area contributed by atoms with E-state index >= 15 is 0 Å². The molecule has 72 valence electrons. The Balaban J connectivity index is 3.36. The van der Waals surface area contributed by atoms with Gasteiger partial charge < -0.3 is 4.98 Å². The van der Waals surface area contributed by atoms with Gasteiger partial charge in [0, 0.05) is 6.07 Å². The van der Waals surface area contributed by atoms with Crippen LogP contribution in [-0.2, 0) is 5.88 Å². The molecule has 0 bridgehead atoms. The maximum atomic E-state index is 13.0. The van der Waals surface area contributed by atoms with Crippen molar-refractivity contribution >= 4 is 11.6 Å². The minimum absolute atomic E-state index is 0.315. The summed E-state index contributed by atoms with van der Waals surface area (Å²) in [5, 5.41) is 0.